The van der Waals surface area contributed by atoms with Crippen molar-refractivity contribution in [1.82, 2.24) is 5.32 Å². The van der Waals surface area contributed by atoms with Gasteiger partial charge in [0.2, 0.25) is 0 Å². The van der Waals surface area contributed by atoms with Gasteiger partial charge in [-0.05, 0) is 37.1 Å². The van der Waals surface area contributed by atoms with Gasteiger partial charge in [0.15, 0.2) is 0 Å². The van der Waals surface area contributed by atoms with Gasteiger partial charge in [0.05, 0.1) is 17.9 Å². The topological polar surface area (TPSA) is 38.3 Å². The summed E-state index contributed by atoms with van der Waals surface area (Å²) < 4.78 is 17.7. The highest BCUT2D eigenvalue weighted by atomic mass is 32.2. The first kappa shape index (κ1) is 17.2. The van der Waals surface area contributed by atoms with E-state index < -0.39 is 10.8 Å². The summed E-state index contributed by atoms with van der Waals surface area (Å²) in [6, 6.07) is 7.84. The minimum atomic E-state index is -0.994. The van der Waals surface area contributed by atoms with Crippen molar-refractivity contribution in [3.8, 4) is 5.75 Å². The Bertz CT molecular complexity index is 423. The van der Waals surface area contributed by atoms with E-state index in [1.165, 1.54) is 0 Å². The number of hydrogen-bond donors (Lipinski definition) is 1. The summed E-state index contributed by atoms with van der Waals surface area (Å²) in [5.74, 6) is 1.94. The van der Waals surface area contributed by atoms with Crippen LogP contribution in [0.4, 0.5) is 0 Å². The fraction of sp³-hybridized carbons (Fsp3) is 0.625. The van der Waals surface area contributed by atoms with Gasteiger partial charge in [-0.15, -0.1) is 0 Å². The molecule has 0 radical (unpaired) electrons. The van der Waals surface area contributed by atoms with Crippen LogP contribution in [0, 0.1) is 5.92 Å². The van der Waals surface area contributed by atoms with Crippen molar-refractivity contribution >= 4 is 10.8 Å². The molecule has 0 aliphatic rings. The highest BCUT2D eigenvalue weighted by Crippen LogP contribution is 2.18. The zero-order chi connectivity index (χ0) is 15.0. The molecule has 3 atom stereocenters. The molecule has 0 aliphatic carbocycles. The van der Waals surface area contributed by atoms with Gasteiger partial charge in [0.1, 0.15) is 5.75 Å². The highest BCUT2D eigenvalue weighted by molar-refractivity contribution is 7.85. The lowest BCUT2D eigenvalue weighted by atomic mass is 10.0. The highest BCUT2D eigenvalue weighted by Gasteiger charge is 2.19. The van der Waals surface area contributed by atoms with Gasteiger partial charge >= 0.3 is 0 Å². The molecular weight excluding hydrogens is 270 g/mol. The van der Waals surface area contributed by atoms with E-state index >= 15 is 0 Å². The second-order valence-electron chi connectivity index (χ2n) is 5.14. The van der Waals surface area contributed by atoms with Gasteiger partial charge in [-0.25, -0.2) is 0 Å². The van der Waals surface area contributed by atoms with Crippen LogP contribution in [0.1, 0.15) is 33.6 Å². The minimum Gasteiger partial charge on any atom is -0.497 e. The maximum Gasteiger partial charge on any atom is 0.120 e. The molecule has 0 aromatic heterocycles. The summed E-state index contributed by atoms with van der Waals surface area (Å²) in [7, 11) is 0.638. The van der Waals surface area contributed by atoms with Crippen LogP contribution in [-0.2, 0) is 10.8 Å². The standard InChI is InChI=1S/C16H27NO2S/c1-5-10-17-16(13(3)6-2)12-20(18)15-9-7-8-14(11-15)19-4/h7-9,11,13,16-17H,5-6,10,12H2,1-4H3. The molecule has 1 aromatic carbocycles. The molecule has 1 N–H and O–H groups in total. The van der Waals surface area contributed by atoms with E-state index in [-0.39, 0.29) is 0 Å². The quantitative estimate of drug-likeness (QED) is 0.760. The first-order valence-corrected chi connectivity index (χ1v) is 8.70. The molecule has 0 amide bonds. The number of ether oxygens (including phenoxy) is 1. The fourth-order valence-corrected chi connectivity index (χ4v) is 3.48. The molecule has 0 spiro atoms. The normalized spacial score (nSPS) is 15.6. The number of methoxy groups -OCH3 is 1. The Labute approximate surface area is 125 Å². The molecule has 1 rings (SSSR count). The SMILES string of the molecule is CCCNC(CS(=O)c1cccc(OC)c1)C(C)CC. The van der Waals surface area contributed by atoms with E-state index in [0.29, 0.717) is 17.7 Å². The van der Waals surface area contributed by atoms with Gasteiger partial charge in [-0.3, -0.25) is 4.21 Å². The average Bonchev–Trinajstić information content (AvgIpc) is 2.50. The molecule has 1 aromatic rings. The van der Waals surface area contributed by atoms with Crippen molar-refractivity contribution in [2.24, 2.45) is 5.92 Å². The van der Waals surface area contributed by atoms with Gasteiger partial charge in [-0.1, -0.05) is 33.3 Å². The Kier molecular flexibility index (Phi) is 7.85. The number of rotatable bonds is 9. The van der Waals surface area contributed by atoms with Crippen LogP contribution in [0.5, 0.6) is 5.75 Å². The lowest BCUT2D eigenvalue weighted by Crippen LogP contribution is -2.39. The molecule has 3 unspecified atom stereocenters. The monoisotopic (exact) mass is 297 g/mol. The van der Waals surface area contributed by atoms with Crippen molar-refractivity contribution in [3.05, 3.63) is 24.3 Å². The minimum absolute atomic E-state index is 0.298. The number of benzene rings is 1. The molecule has 0 fully saturated rings. The van der Waals surface area contributed by atoms with Crippen LogP contribution in [0.25, 0.3) is 0 Å². The van der Waals surface area contributed by atoms with Gasteiger partial charge in [0, 0.05) is 16.7 Å². The van der Waals surface area contributed by atoms with Gasteiger partial charge in [0.25, 0.3) is 0 Å². The molecule has 0 bridgehead atoms. The molecule has 114 valence electrons. The summed E-state index contributed by atoms with van der Waals surface area (Å²) in [5, 5.41) is 3.53. The summed E-state index contributed by atoms with van der Waals surface area (Å²) in [5.41, 5.74) is 0. The summed E-state index contributed by atoms with van der Waals surface area (Å²) >= 11 is 0. The Hall–Kier alpha value is -0.870. The maximum absolute atomic E-state index is 12.5. The van der Waals surface area contributed by atoms with E-state index in [9.17, 15) is 4.21 Å². The predicted molar refractivity (Wildman–Crippen MR) is 85.8 cm³/mol. The molecule has 3 nitrogen and oxygen atoms in total. The largest absolute Gasteiger partial charge is 0.497 e. The summed E-state index contributed by atoms with van der Waals surface area (Å²) in [4.78, 5) is 0.843. The predicted octanol–water partition coefficient (Wildman–Crippen LogP) is 3.22. The fourth-order valence-electron chi connectivity index (χ4n) is 2.04. The van der Waals surface area contributed by atoms with Gasteiger partial charge < -0.3 is 10.1 Å². The zero-order valence-corrected chi connectivity index (χ0v) is 13.8. The second kappa shape index (κ2) is 9.14. The Morgan fingerprint density at radius 2 is 2.10 bits per heavy atom. The van der Waals surface area contributed by atoms with E-state index in [0.717, 1.165) is 30.0 Å². The van der Waals surface area contributed by atoms with Crippen LogP contribution < -0.4 is 10.1 Å². The van der Waals surface area contributed by atoms with E-state index in [4.69, 9.17) is 4.74 Å². The van der Waals surface area contributed by atoms with Crippen LogP contribution in [0.2, 0.25) is 0 Å². The van der Waals surface area contributed by atoms with Crippen LogP contribution >= 0.6 is 0 Å². The van der Waals surface area contributed by atoms with Crippen LogP contribution in [-0.4, -0.2) is 29.7 Å². The Balaban J connectivity index is 2.73. The Morgan fingerprint density at radius 3 is 2.70 bits per heavy atom. The summed E-state index contributed by atoms with van der Waals surface area (Å²) in [6.07, 6.45) is 2.19. The van der Waals surface area contributed by atoms with Gasteiger partial charge in [-0.2, -0.15) is 0 Å². The third-order valence-electron chi connectivity index (χ3n) is 3.62. The molecule has 0 saturated carbocycles. The van der Waals surface area contributed by atoms with Crippen molar-refractivity contribution in [3.63, 3.8) is 0 Å². The second-order valence-corrected chi connectivity index (χ2v) is 6.63. The Morgan fingerprint density at radius 1 is 1.35 bits per heavy atom. The molecule has 0 saturated heterocycles. The van der Waals surface area contributed by atoms with Crippen molar-refractivity contribution in [1.29, 1.82) is 0 Å². The smallest absolute Gasteiger partial charge is 0.120 e. The van der Waals surface area contributed by atoms with E-state index in [1.807, 2.05) is 24.3 Å². The lowest BCUT2D eigenvalue weighted by Gasteiger charge is -2.24. The van der Waals surface area contributed by atoms with Crippen molar-refractivity contribution < 1.29 is 8.95 Å². The first-order chi connectivity index (χ1) is 9.62. The average molecular weight is 297 g/mol. The van der Waals surface area contributed by atoms with Crippen LogP contribution in [0.3, 0.4) is 0 Å². The third kappa shape index (κ3) is 5.25. The third-order valence-corrected chi connectivity index (χ3v) is 5.06. The molecule has 20 heavy (non-hydrogen) atoms. The first-order valence-electron chi connectivity index (χ1n) is 7.38. The number of nitrogens with one attached hydrogen (secondary N) is 1. The molecule has 0 aliphatic heterocycles. The van der Waals surface area contributed by atoms with Crippen LogP contribution in [0.15, 0.2) is 29.2 Å². The lowest BCUT2D eigenvalue weighted by molar-refractivity contribution is 0.394. The molecular formula is C16H27NO2S. The van der Waals surface area contributed by atoms with E-state index in [2.05, 4.69) is 26.1 Å². The van der Waals surface area contributed by atoms with Crippen molar-refractivity contribution in [2.45, 2.75) is 44.6 Å². The van der Waals surface area contributed by atoms with Crippen molar-refractivity contribution in [2.75, 3.05) is 19.4 Å². The maximum atomic E-state index is 12.5. The molecule has 0 heterocycles. The summed E-state index contributed by atoms with van der Waals surface area (Å²) in [6.45, 7) is 7.53. The zero-order valence-electron chi connectivity index (χ0n) is 13.0. The molecule has 4 heteroatoms. The number of hydrogen-bond acceptors (Lipinski definition) is 3. The van der Waals surface area contributed by atoms with E-state index in [1.54, 1.807) is 7.11 Å².